The van der Waals surface area contributed by atoms with Gasteiger partial charge in [-0.1, -0.05) is 24.3 Å². The van der Waals surface area contributed by atoms with Crippen LogP contribution in [0.4, 0.5) is 24.8 Å². The van der Waals surface area contributed by atoms with E-state index in [0.717, 1.165) is 4.90 Å². The molecule has 0 saturated heterocycles. The van der Waals surface area contributed by atoms with E-state index in [0.29, 0.717) is 11.9 Å². The van der Waals surface area contributed by atoms with Crippen molar-refractivity contribution in [3.63, 3.8) is 0 Å². The van der Waals surface area contributed by atoms with Gasteiger partial charge in [0.25, 0.3) is 5.91 Å². The predicted molar refractivity (Wildman–Crippen MR) is 108 cm³/mol. The molecule has 1 aromatic heterocycles. The van der Waals surface area contributed by atoms with Crippen molar-refractivity contribution >= 4 is 29.3 Å². The van der Waals surface area contributed by atoms with Crippen LogP contribution in [-0.2, 0) is 6.18 Å². The third-order valence-electron chi connectivity index (χ3n) is 3.98. The number of nitrogens with zero attached hydrogens (tertiary/aromatic N) is 2. The Balaban J connectivity index is 2.02. The lowest BCUT2D eigenvalue weighted by atomic mass is 10.2. The first-order chi connectivity index (χ1) is 14.3. The molecule has 6 nitrogen and oxygen atoms in total. The number of ether oxygens (including phenoxy) is 1. The average Bonchev–Trinajstić information content (AvgIpc) is 2.73. The minimum Gasteiger partial charge on any atom is -0.437 e. The molecule has 3 rings (SSSR count). The zero-order chi connectivity index (χ0) is 21.7. The third kappa shape index (κ3) is 4.82. The normalized spacial score (nSPS) is 11.1. The monoisotopic (exact) mass is 434 g/mol. The summed E-state index contributed by atoms with van der Waals surface area (Å²) in [5, 5.41) is 5.33. The number of alkyl halides is 3. The van der Waals surface area contributed by atoms with Crippen molar-refractivity contribution in [1.29, 1.82) is 0 Å². The van der Waals surface area contributed by atoms with Gasteiger partial charge in [0.2, 0.25) is 11.8 Å². The minimum atomic E-state index is -4.74. The molecule has 10 heteroatoms. The number of carbonyl (C=O) groups is 1. The van der Waals surface area contributed by atoms with E-state index in [-0.39, 0.29) is 17.3 Å². The van der Waals surface area contributed by atoms with Crippen molar-refractivity contribution in [3.05, 3.63) is 65.9 Å². The Kier molecular flexibility index (Phi) is 6.46. The SMILES string of the molecule is CNC(=O)c1ccccc1Oc1nc(Nc2ccccc2SC)ncc1C(F)(F)F. The molecule has 1 heterocycles. The number of halogens is 3. The largest absolute Gasteiger partial charge is 0.437 e. The Bertz CT molecular complexity index is 1060. The van der Waals surface area contributed by atoms with Gasteiger partial charge in [0.1, 0.15) is 11.3 Å². The Hall–Kier alpha value is -3.27. The van der Waals surface area contributed by atoms with Gasteiger partial charge in [-0.15, -0.1) is 11.8 Å². The minimum absolute atomic E-state index is 0.0588. The molecule has 0 aliphatic rings. The predicted octanol–water partition coefficient (Wildman–Crippen LogP) is 5.11. The molecule has 156 valence electrons. The number of aromatic nitrogens is 2. The van der Waals surface area contributed by atoms with E-state index in [1.165, 1.54) is 30.9 Å². The van der Waals surface area contributed by atoms with Crippen LogP contribution in [0.15, 0.2) is 59.6 Å². The van der Waals surface area contributed by atoms with E-state index >= 15 is 0 Å². The van der Waals surface area contributed by atoms with E-state index in [9.17, 15) is 18.0 Å². The summed E-state index contributed by atoms with van der Waals surface area (Å²) in [6.45, 7) is 0. The molecule has 0 atom stereocenters. The van der Waals surface area contributed by atoms with Gasteiger partial charge >= 0.3 is 6.18 Å². The first-order valence-electron chi connectivity index (χ1n) is 8.66. The quantitative estimate of drug-likeness (QED) is 0.525. The number of amides is 1. The van der Waals surface area contributed by atoms with Gasteiger partial charge in [-0.05, 0) is 30.5 Å². The Morgan fingerprint density at radius 3 is 2.50 bits per heavy atom. The molecular formula is C20H17F3N4O2S. The van der Waals surface area contributed by atoms with Crippen LogP contribution < -0.4 is 15.4 Å². The lowest BCUT2D eigenvalue weighted by Gasteiger charge is -2.16. The molecule has 3 aromatic rings. The molecule has 0 aliphatic carbocycles. The van der Waals surface area contributed by atoms with E-state index < -0.39 is 23.5 Å². The number of para-hydroxylation sites is 2. The van der Waals surface area contributed by atoms with Gasteiger partial charge in [-0.25, -0.2) is 4.98 Å². The summed E-state index contributed by atoms with van der Waals surface area (Å²) >= 11 is 1.46. The number of rotatable bonds is 6. The second-order valence-electron chi connectivity index (χ2n) is 5.91. The molecule has 2 N–H and O–H groups in total. The highest BCUT2D eigenvalue weighted by atomic mass is 32.2. The van der Waals surface area contributed by atoms with Crippen LogP contribution in [0, 0.1) is 0 Å². The van der Waals surface area contributed by atoms with Crippen molar-refractivity contribution in [2.24, 2.45) is 0 Å². The topological polar surface area (TPSA) is 76.1 Å². The van der Waals surface area contributed by atoms with Gasteiger partial charge in [0.05, 0.1) is 11.3 Å². The summed E-state index contributed by atoms with van der Waals surface area (Å²) in [5.41, 5.74) is -0.437. The van der Waals surface area contributed by atoms with Gasteiger partial charge in [-0.2, -0.15) is 18.2 Å². The van der Waals surface area contributed by atoms with Crippen LogP contribution in [0.3, 0.4) is 0 Å². The second-order valence-corrected chi connectivity index (χ2v) is 6.76. The lowest BCUT2D eigenvalue weighted by Crippen LogP contribution is -2.19. The summed E-state index contributed by atoms with van der Waals surface area (Å²) in [7, 11) is 1.41. The molecule has 0 aliphatic heterocycles. The Labute approximate surface area is 174 Å². The average molecular weight is 434 g/mol. The first kappa shape index (κ1) is 21.4. The van der Waals surface area contributed by atoms with Crippen LogP contribution in [0.25, 0.3) is 0 Å². The third-order valence-corrected chi connectivity index (χ3v) is 4.77. The molecule has 0 radical (unpaired) electrons. The fourth-order valence-electron chi connectivity index (χ4n) is 2.55. The van der Waals surface area contributed by atoms with Gasteiger partial charge in [0, 0.05) is 18.1 Å². The van der Waals surface area contributed by atoms with Crippen molar-refractivity contribution in [2.75, 3.05) is 18.6 Å². The Morgan fingerprint density at radius 1 is 1.10 bits per heavy atom. The summed E-state index contributed by atoms with van der Waals surface area (Å²) in [6.07, 6.45) is -2.22. The summed E-state index contributed by atoms with van der Waals surface area (Å²) in [5.74, 6) is -1.34. The molecule has 0 fully saturated rings. The van der Waals surface area contributed by atoms with Crippen LogP contribution >= 0.6 is 11.8 Å². The molecule has 30 heavy (non-hydrogen) atoms. The fraction of sp³-hybridized carbons (Fsp3) is 0.150. The second kappa shape index (κ2) is 9.04. The van der Waals surface area contributed by atoms with Gasteiger partial charge in [0.15, 0.2) is 0 Å². The van der Waals surface area contributed by atoms with E-state index in [2.05, 4.69) is 20.6 Å². The molecule has 0 unspecified atom stereocenters. The van der Waals surface area contributed by atoms with E-state index in [1.54, 1.807) is 24.3 Å². The van der Waals surface area contributed by atoms with Crippen LogP contribution in [0.2, 0.25) is 0 Å². The number of carbonyl (C=O) groups excluding carboxylic acids is 1. The standard InChI is InChI=1S/C20H17F3N4O2S/c1-24-17(28)12-7-3-5-9-15(12)29-18-13(20(21,22)23)11-25-19(27-18)26-14-8-4-6-10-16(14)30-2/h3-11H,1-2H3,(H,24,28)(H,25,26,27). The Morgan fingerprint density at radius 2 is 1.80 bits per heavy atom. The van der Waals surface area contributed by atoms with Gasteiger partial charge in [-0.3, -0.25) is 4.79 Å². The zero-order valence-electron chi connectivity index (χ0n) is 15.9. The van der Waals surface area contributed by atoms with Crippen molar-refractivity contribution < 1.29 is 22.7 Å². The molecule has 2 aromatic carbocycles. The van der Waals surface area contributed by atoms with Gasteiger partial charge < -0.3 is 15.4 Å². The maximum atomic E-state index is 13.5. The molecular weight excluding hydrogens is 417 g/mol. The first-order valence-corrected chi connectivity index (χ1v) is 9.89. The number of hydrogen-bond acceptors (Lipinski definition) is 6. The zero-order valence-corrected chi connectivity index (χ0v) is 16.8. The summed E-state index contributed by atoms with van der Waals surface area (Å²) < 4.78 is 45.9. The molecule has 0 bridgehead atoms. The highest BCUT2D eigenvalue weighted by molar-refractivity contribution is 7.98. The number of nitrogens with one attached hydrogen (secondary N) is 2. The van der Waals surface area contributed by atoms with Crippen molar-refractivity contribution in [1.82, 2.24) is 15.3 Å². The van der Waals surface area contributed by atoms with Crippen molar-refractivity contribution in [2.45, 2.75) is 11.1 Å². The maximum absolute atomic E-state index is 13.5. The summed E-state index contributed by atoms with van der Waals surface area (Å²) in [4.78, 5) is 20.6. The van der Waals surface area contributed by atoms with E-state index in [4.69, 9.17) is 4.74 Å². The van der Waals surface area contributed by atoms with Crippen LogP contribution in [-0.4, -0.2) is 29.2 Å². The van der Waals surface area contributed by atoms with Crippen LogP contribution in [0.1, 0.15) is 15.9 Å². The summed E-state index contributed by atoms with van der Waals surface area (Å²) in [6, 6.07) is 13.2. The van der Waals surface area contributed by atoms with Crippen LogP contribution in [0.5, 0.6) is 11.6 Å². The molecule has 0 spiro atoms. The number of benzene rings is 2. The highest BCUT2D eigenvalue weighted by Gasteiger charge is 2.37. The smallest absolute Gasteiger partial charge is 0.423 e. The number of hydrogen-bond donors (Lipinski definition) is 2. The molecule has 0 saturated carbocycles. The number of thioether (sulfide) groups is 1. The maximum Gasteiger partial charge on any atom is 0.423 e. The number of anilines is 2. The molecule has 1 amide bonds. The van der Waals surface area contributed by atoms with E-state index in [1.807, 2.05) is 18.4 Å². The lowest BCUT2D eigenvalue weighted by molar-refractivity contribution is -0.139. The highest BCUT2D eigenvalue weighted by Crippen LogP contribution is 2.38. The fourth-order valence-corrected chi connectivity index (χ4v) is 3.10. The van der Waals surface area contributed by atoms with Crippen molar-refractivity contribution in [3.8, 4) is 11.6 Å².